The summed E-state index contributed by atoms with van der Waals surface area (Å²) in [6.07, 6.45) is 7.42. The van der Waals surface area contributed by atoms with E-state index in [0.29, 0.717) is 19.4 Å². The van der Waals surface area contributed by atoms with Gasteiger partial charge in [0.15, 0.2) is 0 Å². The van der Waals surface area contributed by atoms with Crippen molar-refractivity contribution in [2.24, 2.45) is 0 Å². The average Bonchev–Trinajstić information content (AvgIpc) is 3.27. The van der Waals surface area contributed by atoms with Crippen molar-refractivity contribution in [3.8, 4) is 0 Å². The standard InChI is InChI=1S/C22H29N3O3/c1-24(18-11-6-9-16-8-2-3-10-17(16)18)19(26)12-7-15-25-20(27)22(23-21(25)28)13-4-5-14-22/h2-3,8,10,18H,4-7,9,11-15H2,1H3,(H,23,28)/t18-/m0/s1. The van der Waals surface area contributed by atoms with Crippen LogP contribution in [0.25, 0.3) is 0 Å². The number of benzene rings is 1. The van der Waals surface area contributed by atoms with Crippen molar-refractivity contribution in [3.05, 3.63) is 35.4 Å². The van der Waals surface area contributed by atoms with Gasteiger partial charge >= 0.3 is 6.03 Å². The zero-order chi connectivity index (χ0) is 19.7. The number of fused-ring (bicyclic) bond motifs is 1. The van der Waals surface area contributed by atoms with E-state index < -0.39 is 5.54 Å². The molecule has 2 fully saturated rings. The lowest BCUT2D eigenvalue weighted by atomic mass is 9.87. The first-order valence-electron chi connectivity index (χ1n) is 10.5. The molecular formula is C22H29N3O3. The molecule has 0 aromatic heterocycles. The maximum absolute atomic E-state index is 12.8. The zero-order valence-corrected chi connectivity index (χ0v) is 16.6. The van der Waals surface area contributed by atoms with Crippen molar-refractivity contribution < 1.29 is 14.4 Å². The topological polar surface area (TPSA) is 69.7 Å². The Bertz CT molecular complexity index is 785. The van der Waals surface area contributed by atoms with Gasteiger partial charge in [0, 0.05) is 20.0 Å². The summed E-state index contributed by atoms with van der Waals surface area (Å²) < 4.78 is 0. The molecule has 1 heterocycles. The highest BCUT2D eigenvalue weighted by Gasteiger charge is 2.52. The highest BCUT2D eigenvalue weighted by atomic mass is 16.2. The second-order valence-electron chi connectivity index (χ2n) is 8.39. The minimum atomic E-state index is -0.663. The molecule has 1 aromatic carbocycles. The molecule has 1 spiro atoms. The Balaban J connectivity index is 1.33. The average molecular weight is 383 g/mol. The third kappa shape index (κ3) is 3.29. The van der Waals surface area contributed by atoms with Crippen LogP contribution < -0.4 is 5.32 Å². The van der Waals surface area contributed by atoms with E-state index in [2.05, 4.69) is 23.5 Å². The van der Waals surface area contributed by atoms with Gasteiger partial charge in [0.05, 0.1) is 6.04 Å². The number of hydrogen-bond donors (Lipinski definition) is 1. The maximum atomic E-state index is 12.8. The van der Waals surface area contributed by atoms with E-state index in [9.17, 15) is 14.4 Å². The molecule has 2 aliphatic carbocycles. The quantitative estimate of drug-likeness (QED) is 0.794. The van der Waals surface area contributed by atoms with E-state index in [0.717, 1.165) is 44.9 Å². The summed E-state index contributed by atoms with van der Waals surface area (Å²) in [5.41, 5.74) is 1.92. The van der Waals surface area contributed by atoms with Gasteiger partial charge in [-0.3, -0.25) is 14.5 Å². The normalized spacial score (nSPS) is 23.0. The smallest absolute Gasteiger partial charge is 0.325 e. The highest BCUT2D eigenvalue weighted by Crippen LogP contribution is 2.36. The van der Waals surface area contributed by atoms with Gasteiger partial charge in [0.1, 0.15) is 5.54 Å². The molecule has 4 rings (SSSR count). The summed E-state index contributed by atoms with van der Waals surface area (Å²) in [7, 11) is 1.87. The lowest BCUT2D eigenvalue weighted by Gasteiger charge is -2.33. The van der Waals surface area contributed by atoms with E-state index in [1.807, 2.05) is 18.0 Å². The molecule has 1 aliphatic heterocycles. The molecule has 1 N–H and O–H groups in total. The number of carbonyl (C=O) groups is 3. The molecule has 6 nitrogen and oxygen atoms in total. The lowest BCUT2D eigenvalue weighted by Crippen LogP contribution is -2.44. The van der Waals surface area contributed by atoms with Gasteiger partial charge in [-0.1, -0.05) is 37.1 Å². The van der Waals surface area contributed by atoms with Crippen LogP contribution in [0.15, 0.2) is 24.3 Å². The third-order valence-corrected chi connectivity index (χ3v) is 6.67. The first-order valence-corrected chi connectivity index (χ1v) is 10.5. The molecule has 1 saturated carbocycles. The monoisotopic (exact) mass is 383 g/mol. The summed E-state index contributed by atoms with van der Waals surface area (Å²) in [6.45, 7) is 0.313. The SMILES string of the molecule is CN(C(=O)CCCN1C(=O)NC2(CCCC2)C1=O)[C@H]1CCCc2ccccc21. The van der Waals surface area contributed by atoms with Crippen LogP contribution in [-0.4, -0.2) is 46.8 Å². The third-order valence-electron chi connectivity index (χ3n) is 6.67. The maximum Gasteiger partial charge on any atom is 0.325 e. The number of hydrogen-bond acceptors (Lipinski definition) is 3. The van der Waals surface area contributed by atoms with Crippen LogP contribution >= 0.6 is 0 Å². The molecule has 1 saturated heterocycles. The van der Waals surface area contributed by atoms with Crippen LogP contribution in [0.4, 0.5) is 4.79 Å². The Hall–Kier alpha value is -2.37. The minimum absolute atomic E-state index is 0.0735. The van der Waals surface area contributed by atoms with Gasteiger partial charge < -0.3 is 10.2 Å². The van der Waals surface area contributed by atoms with Gasteiger partial charge in [0.2, 0.25) is 5.91 Å². The van der Waals surface area contributed by atoms with Crippen LogP contribution in [0, 0.1) is 0 Å². The lowest BCUT2D eigenvalue weighted by molar-refractivity contribution is -0.134. The number of amides is 4. The van der Waals surface area contributed by atoms with Gasteiger partial charge in [-0.15, -0.1) is 0 Å². The fourth-order valence-corrected chi connectivity index (χ4v) is 5.07. The summed E-state index contributed by atoms with van der Waals surface area (Å²) in [5.74, 6) is -0.0265. The van der Waals surface area contributed by atoms with Gasteiger partial charge in [-0.05, 0) is 49.7 Å². The van der Waals surface area contributed by atoms with Crippen molar-refractivity contribution in [1.82, 2.24) is 15.1 Å². The number of aryl methyl sites for hydroxylation is 1. The molecule has 0 radical (unpaired) electrons. The van der Waals surface area contributed by atoms with E-state index >= 15 is 0 Å². The molecular weight excluding hydrogens is 354 g/mol. The van der Waals surface area contributed by atoms with Crippen molar-refractivity contribution >= 4 is 17.8 Å². The van der Waals surface area contributed by atoms with Crippen LogP contribution in [-0.2, 0) is 16.0 Å². The van der Waals surface area contributed by atoms with Crippen molar-refractivity contribution in [2.75, 3.05) is 13.6 Å². The van der Waals surface area contributed by atoms with Crippen LogP contribution in [0.2, 0.25) is 0 Å². The van der Waals surface area contributed by atoms with Gasteiger partial charge in [-0.2, -0.15) is 0 Å². The Morgan fingerprint density at radius 3 is 2.75 bits per heavy atom. The summed E-state index contributed by atoms with van der Waals surface area (Å²) >= 11 is 0. The Morgan fingerprint density at radius 2 is 1.96 bits per heavy atom. The molecule has 0 bridgehead atoms. The summed E-state index contributed by atoms with van der Waals surface area (Å²) in [6, 6.07) is 8.18. The number of urea groups is 1. The van der Waals surface area contributed by atoms with Crippen molar-refractivity contribution in [1.29, 1.82) is 0 Å². The predicted molar refractivity (Wildman–Crippen MR) is 106 cm³/mol. The Morgan fingerprint density at radius 1 is 1.21 bits per heavy atom. The fourth-order valence-electron chi connectivity index (χ4n) is 5.07. The minimum Gasteiger partial charge on any atom is -0.339 e. The molecule has 3 aliphatic rings. The molecule has 28 heavy (non-hydrogen) atoms. The van der Waals surface area contributed by atoms with Crippen molar-refractivity contribution in [2.45, 2.75) is 69.4 Å². The number of nitrogens with zero attached hydrogens (tertiary/aromatic N) is 2. The summed E-state index contributed by atoms with van der Waals surface area (Å²) in [5, 5.41) is 2.89. The summed E-state index contributed by atoms with van der Waals surface area (Å²) in [4.78, 5) is 40.8. The first-order chi connectivity index (χ1) is 13.5. The molecule has 1 atom stereocenters. The van der Waals surface area contributed by atoms with Crippen molar-refractivity contribution in [3.63, 3.8) is 0 Å². The molecule has 0 unspecified atom stereocenters. The second-order valence-corrected chi connectivity index (χ2v) is 8.39. The van der Waals surface area contributed by atoms with Gasteiger partial charge in [0.25, 0.3) is 5.91 Å². The number of carbonyl (C=O) groups excluding carboxylic acids is 3. The molecule has 6 heteroatoms. The number of imide groups is 1. The van der Waals surface area contributed by atoms with Gasteiger partial charge in [-0.25, -0.2) is 4.79 Å². The molecule has 1 aromatic rings. The zero-order valence-electron chi connectivity index (χ0n) is 16.6. The molecule has 4 amide bonds. The van der Waals surface area contributed by atoms with Crippen LogP contribution in [0.5, 0.6) is 0 Å². The van der Waals surface area contributed by atoms with E-state index in [-0.39, 0.29) is 23.9 Å². The van der Waals surface area contributed by atoms with Crippen LogP contribution in [0.1, 0.15) is 68.5 Å². The van der Waals surface area contributed by atoms with E-state index in [1.165, 1.54) is 16.0 Å². The second kappa shape index (κ2) is 7.57. The largest absolute Gasteiger partial charge is 0.339 e. The Labute approximate surface area is 166 Å². The predicted octanol–water partition coefficient (Wildman–Crippen LogP) is 3.17. The molecule has 150 valence electrons. The first kappa shape index (κ1) is 19.0. The van der Waals surface area contributed by atoms with E-state index in [1.54, 1.807) is 0 Å². The van der Waals surface area contributed by atoms with E-state index in [4.69, 9.17) is 0 Å². The highest BCUT2D eigenvalue weighted by molar-refractivity contribution is 6.07. The number of nitrogens with one attached hydrogen (secondary N) is 1. The fraction of sp³-hybridized carbons (Fsp3) is 0.591. The van der Waals surface area contributed by atoms with Crippen LogP contribution in [0.3, 0.4) is 0 Å². The Kier molecular flexibility index (Phi) is 5.13. The number of rotatable bonds is 5.